The van der Waals surface area contributed by atoms with Crippen molar-refractivity contribution in [2.24, 2.45) is 11.3 Å². The predicted octanol–water partition coefficient (Wildman–Crippen LogP) is 3.03. The molecule has 0 unspecified atom stereocenters. The number of anilines is 1. The number of aromatic hydroxyl groups is 1. The van der Waals surface area contributed by atoms with Crippen LogP contribution in [-0.2, 0) is 14.3 Å². The molecule has 1 aromatic rings. The molecule has 2 fully saturated rings. The number of nitrogens with one attached hydrogen (secondary N) is 2. The number of rotatable bonds is 6. The number of urea groups is 1. The van der Waals surface area contributed by atoms with E-state index in [0.29, 0.717) is 18.8 Å². The van der Waals surface area contributed by atoms with Crippen LogP contribution in [0.2, 0.25) is 0 Å². The van der Waals surface area contributed by atoms with Crippen LogP contribution in [0.5, 0.6) is 5.75 Å². The highest BCUT2D eigenvalue weighted by molar-refractivity contribution is 6.10. The molecule has 1 aliphatic carbocycles. The largest absolute Gasteiger partial charge is 0.505 e. The predicted molar refractivity (Wildman–Crippen MR) is 117 cm³/mol. The average Bonchev–Trinajstić information content (AvgIpc) is 2.99. The van der Waals surface area contributed by atoms with Crippen molar-refractivity contribution in [3.63, 3.8) is 0 Å². The third-order valence-electron chi connectivity index (χ3n) is 7.12. The zero-order valence-electron chi connectivity index (χ0n) is 19.0. The summed E-state index contributed by atoms with van der Waals surface area (Å²) in [5.41, 5.74) is -0.897. The Kier molecular flexibility index (Phi) is 6.48. The molecule has 2 aliphatic rings. The SMILES string of the molecule is CCC(C)(C)C1CCC2(CC1)NC(=O)N(CC(=O)Nc1cccc(C(=O)OC)c1O)C2=O. The molecule has 174 valence electrons. The first kappa shape index (κ1) is 23.6. The Morgan fingerprint density at radius 3 is 2.53 bits per heavy atom. The lowest BCUT2D eigenvalue weighted by Crippen LogP contribution is -2.51. The summed E-state index contributed by atoms with van der Waals surface area (Å²) in [5, 5.41) is 15.5. The van der Waals surface area contributed by atoms with E-state index in [-0.39, 0.29) is 16.7 Å². The van der Waals surface area contributed by atoms with Gasteiger partial charge in [-0.3, -0.25) is 14.5 Å². The van der Waals surface area contributed by atoms with E-state index in [1.807, 2.05) is 0 Å². The molecule has 3 N–H and O–H groups in total. The van der Waals surface area contributed by atoms with E-state index in [9.17, 15) is 24.3 Å². The summed E-state index contributed by atoms with van der Waals surface area (Å²) in [6.07, 6.45) is 3.81. The second-order valence-electron chi connectivity index (χ2n) is 9.26. The number of para-hydroxylation sites is 1. The third-order valence-corrected chi connectivity index (χ3v) is 7.12. The van der Waals surface area contributed by atoms with E-state index in [4.69, 9.17) is 0 Å². The Labute approximate surface area is 187 Å². The molecule has 4 amide bonds. The van der Waals surface area contributed by atoms with Gasteiger partial charge in [0.15, 0.2) is 5.75 Å². The lowest BCUT2D eigenvalue weighted by Gasteiger charge is -2.42. The second-order valence-corrected chi connectivity index (χ2v) is 9.26. The van der Waals surface area contributed by atoms with Crippen molar-refractivity contribution in [2.75, 3.05) is 19.0 Å². The Morgan fingerprint density at radius 2 is 1.94 bits per heavy atom. The van der Waals surface area contributed by atoms with Crippen LogP contribution in [0.4, 0.5) is 10.5 Å². The Bertz CT molecular complexity index is 934. The van der Waals surface area contributed by atoms with Crippen molar-refractivity contribution < 1.29 is 29.0 Å². The normalized spacial score (nSPS) is 23.2. The molecule has 0 aromatic heterocycles. The number of phenols is 1. The molecule has 1 spiro atoms. The smallest absolute Gasteiger partial charge is 0.341 e. The molecule has 1 aromatic carbocycles. The van der Waals surface area contributed by atoms with Gasteiger partial charge in [0.2, 0.25) is 5.91 Å². The van der Waals surface area contributed by atoms with Crippen LogP contribution in [0.15, 0.2) is 18.2 Å². The molecule has 1 saturated carbocycles. The molecule has 1 heterocycles. The van der Waals surface area contributed by atoms with Crippen LogP contribution >= 0.6 is 0 Å². The van der Waals surface area contributed by atoms with Gasteiger partial charge in [-0.15, -0.1) is 0 Å². The maximum absolute atomic E-state index is 13.1. The average molecular weight is 446 g/mol. The molecule has 9 nitrogen and oxygen atoms in total. The first-order chi connectivity index (χ1) is 15.0. The van der Waals surface area contributed by atoms with Crippen LogP contribution in [0.1, 0.15) is 63.2 Å². The van der Waals surface area contributed by atoms with Gasteiger partial charge >= 0.3 is 12.0 Å². The number of ether oxygens (including phenoxy) is 1. The molecule has 9 heteroatoms. The molecule has 0 atom stereocenters. The maximum atomic E-state index is 13.1. The van der Waals surface area contributed by atoms with Crippen molar-refractivity contribution in [1.82, 2.24) is 10.2 Å². The Hall–Kier alpha value is -3.10. The van der Waals surface area contributed by atoms with E-state index in [2.05, 4.69) is 36.1 Å². The summed E-state index contributed by atoms with van der Waals surface area (Å²) in [5.74, 6) is -1.78. The number of benzene rings is 1. The van der Waals surface area contributed by atoms with Gasteiger partial charge in [-0.2, -0.15) is 0 Å². The molecule has 3 rings (SSSR count). The fourth-order valence-corrected chi connectivity index (χ4v) is 4.59. The zero-order valence-corrected chi connectivity index (χ0v) is 19.0. The minimum Gasteiger partial charge on any atom is -0.505 e. The van der Waals surface area contributed by atoms with Gasteiger partial charge < -0.3 is 20.5 Å². The number of carbonyl (C=O) groups excluding carboxylic acids is 4. The van der Waals surface area contributed by atoms with Gasteiger partial charge in [0.05, 0.1) is 12.8 Å². The minimum absolute atomic E-state index is 0.0121. The van der Waals surface area contributed by atoms with Gasteiger partial charge in [0.25, 0.3) is 5.91 Å². The third kappa shape index (κ3) is 4.28. The number of nitrogens with zero attached hydrogens (tertiary/aromatic N) is 1. The lowest BCUT2D eigenvalue weighted by molar-refractivity contribution is -0.135. The number of methoxy groups -OCH3 is 1. The van der Waals surface area contributed by atoms with E-state index in [1.165, 1.54) is 25.3 Å². The number of phenolic OH excluding ortho intramolecular Hbond substituents is 1. The van der Waals surface area contributed by atoms with Gasteiger partial charge in [-0.1, -0.05) is 33.3 Å². The van der Waals surface area contributed by atoms with Crippen LogP contribution in [0.3, 0.4) is 0 Å². The van der Waals surface area contributed by atoms with Crippen LogP contribution in [0.25, 0.3) is 0 Å². The fourth-order valence-electron chi connectivity index (χ4n) is 4.59. The summed E-state index contributed by atoms with van der Waals surface area (Å²) in [7, 11) is 1.18. The lowest BCUT2D eigenvalue weighted by atomic mass is 9.65. The van der Waals surface area contributed by atoms with Crippen molar-refractivity contribution in [2.45, 2.75) is 58.4 Å². The van der Waals surface area contributed by atoms with Crippen molar-refractivity contribution in [3.05, 3.63) is 23.8 Å². The van der Waals surface area contributed by atoms with E-state index >= 15 is 0 Å². The summed E-state index contributed by atoms with van der Waals surface area (Å²) < 4.78 is 4.59. The molecule has 32 heavy (non-hydrogen) atoms. The Morgan fingerprint density at radius 1 is 1.28 bits per heavy atom. The van der Waals surface area contributed by atoms with Crippen LogP contribution < -0.4 is 10.6 Å². The molecule has 0 bridgehead atoms. The van der Waals surface area contributed by atoms with Crippen LogP contribution in [-0.4, -0.2) is 53.0 Å². The minimum atomic E-state index is -0.954. The molecule has 0 radical (unpaired) electrons. The van der Waals surface area contributed by atoms with E-state index in [0.717, 1.165) is 24.2 Å². The first-order valence-corrected chi connectivity index (χ1v) is 10.9. The molecule has 1 saturated heterocycles. The van der Waals surface area contributed by atoms with Gasteiger partial charge in [-0.05, 0) is 49.1 Å². The number of esters is 1. The quantitative estimate of drug-likeness (QED) is 0.351. The molecule has 1 aliphatic heterocycles. The van der Waals surface area contributed by atoms with Gasteiger partial charge in [0.1, 0.15) is 17.6 Å². The summed E-state index contributed by atoms with van der Waals surface area (Å²) >= 11 is 0. The highest BCUT2D eigenvalue weighted by Gasteiger charge is 2.53. The number of carbonyl (C=O) groups is 4. The number of amides is 4. The van der Waals surface area contributed by atoms with E-state index in [1.54, 1.807) is 0 Å². The molecular weight excluding hydrogens is 414 g/mol. The second kappa shape index (κ2) is 8.80. The van der Waals surface area contributed by atoms with Crippen molar-refractivity contribution in [3.8, 4) is 5.75 Å². The van der Waals surface area contributed by atoms with E-state index < -0.39 is 41.6 Å². The number of hydrogen-bond donors (Lipinski definition) is 3. The monoisotopic (exact) mass is 445 g/mol. The van der Waals surface area contributed by atoms with Gasteiger partial charge in [0, 0.05) is 0 Å². The Balaban J connectivity index is 1.67. The topological polar surface area (TPSA) is 125 Å². The highest BCUT2D eigenvalue weighted by atomic mass is 16.5. The summed E-state index contributed by atoms with van der Waals surface area (Å²) in [6, 6.07) is 3.64. The zero-order chi connectivity index (χ0) is 23.7. The van der Waals surface area contributed by atoms with Crippen LogP contribution in [0, 0.1) is 11.3 Å². The molecular formula is C23H31N3O6. The standard InChI is InChI=1S/C23H31N3O6/c1-5-22(2,3)14-9-11-23(12-10-14)20(30)26(21(31)25-23)13-17(27)24-16-8-6-7-15(18(16)28)19(29)32-4/h6-8,14,28H,5,9-13H2,1-4H3,(H,24,27)(H,25,31). The summed E-state index contributed by atoms with van der Waals surface area (Å²) in [4.78, 5) is 50.8. The van der Waals surface area contributed by atoms with Gasteiger partial charge in [-0.25, -0.2) is 9.59 Å². The number of hydrogen-bond acceptors (Lipinski definition) is 6. The van der Waals surface area contributed by atoms with Crippen molar-refractivity contribution >= 4 is 29.5 Å². The fraction of sp³-hybridized carbons (Fsp3) is 0.565. The highest BCUT2D eigenvalue weighted by Crippen LogP contribution is 2.45. The maximum Gasteiger partial charge on any atom is 0.341 e. The number of imide groups is 1. The summed E-state index contributed by atoms with van der Waals surface area (Å²) in [6.45, 7) is 6.13. The first-order valence-electron chi connectivity index (χ1n) is 10.9. The van der Waals surface area contributed by atoms with Crippen molar-refractivity contribution in [1.29, 1.82) is 0 Å².